The van der Waals surface area contributed by atoms with Crippen molar-refractivity contribution in [1.29, 1.82) is 0 Å². The molecule has 0 heterocycles. The fourth-order valence-electron chi connectivity index (χ4n) is 8.35. The number of unbranched alkanes of at least 4 members (excludes halogenated alkanes) is 36. The van der Waals surface area contributed by atoms with Crippen LogP contribution >= 0.6 is 26.8 Å². The predicted octanol–water partition coefficient (Wildman–Crippen LogP) is 18.8. The van der Waals surface area contributed by atoms with Gasteiger partial charge in [0.2, 0.25) is 0 Å². The summed E-state index contributed by atoms with van der Waals surface area (Å²) in [5.74, 6) is 2.14. The molecular weight excluding hydrogens is 972 g/mol. The molecule has 0 saturated heterocycles. The molecule has 0 aromatic carbocycles. The third-order valence-corrected chi connectivity index (χ3v) is 48.2. The summed E-state index contributed by atoms with van der Waals surface area (Å²) in [6.45, 7) is 8.15. The first-order valence-electron chi connectivity index (χ1n) is 28.3. The molecule has 6 nitrogen and oxygen atoms in total. The molecule has 0 aliphatic rings. The van der Waals surface area contributed by atoms with Crippen LogP contribution in [0, 0.1) is 0 Å². The van der Waals surface area contributed by atoms with Gasteiger partial charge >= 0.3 is 264 Å². The van der Waals surface area contributed by atoms with Crippen molar-refractivity contribution >= 4 is 59.0 Å². The third kappa shape index (κ3) is 51.9. The van der Waals surface area contributed by atoms with Gasteiger partial charge in [0, 0.05) is 0 Å². The van der Waals surface area contributed by atoms with Crippen LogP contribution in [0.5, 0.6) is 0 Å². The number of ether oxygens (including phenoxy) is 3. The molecule has 0 amide bonds. The first-order valence-corrected chi connectivity index (χ1v) is 44.5. The van der Waals surface area contributed by atoms with Crippen molar-refractivity contribution in [2.45, 2.75) is 295 Å². The summed E-state index contributed by atoms with van der Waals surface area (Å²) in [7, 11) is 5.91. The van der Waals surface area contributed by atoms with Crippen LogP contribution in [-0.4, -0.2) is 69.2 Å². The number of hydrogen-bond acceptors (Lipinski definition) is 9. The van der Waals surface area contributed by atoms with Crippen molar-refractivity contribution in [3.63, 3.8) is 0 Å². The van der Waals surface area contributed by atoms with Gasteiger partial charge in [-0.2, -0.15) is 0 Å². The molecule has 0 spiro atoms. The molecule has 0 aromatic rings. The van der Waals surface area contributed by atoms with Gasteiger partial charge in [-0.3, -0.25) is 0 Å². The molecule has 0 unspecified atom stereocenters. The first kappa shape index (κ1) is 65.3. The average Bonchev–Trinajstić information content (AvgIpc) is 3.30. The fourth-order valence-corrected chi connectivity index (χ4v) is 39.1. The standard InChI is InChI=1S/3C18H36O2S.CH3.Sn/c3*1-2-3-4-5-6-7-8-9-10-11-12-13-14-15-18(19)20-16-17-21;;/h3*21H,2-17H2,1H3;1H3;/q;;;;+3/p-3. The Labute approximate surface area is 417 Å². The molecule has 0 fully saturated rings. The van der Waals surface area contributed by atoms with E-state index in [4.69, 9.17) is 14.2 Å². The van der Waals surface area contributed by atoms with E-state index in [1.807, 2.05) is 26.8 Å². The van der Waals surface area contributed by atoms with Crippen LogP contribution < -0.4 is 0 Å². The van der Waals surface area contributed by atoms with Crippen LogP contribution in [-0.2, 0) is 28.6 Å². The van der Waals surface area contributed by atoms with Gasteiger partial charge in [0.05, 0.1) is 0 Å². The zero-order chi connectivity index (χ0) is 47.4. The van der Waals surface area contributed by atoms with Crippen LogP contribution in [0.25, 0.3) is 0 Å². The minimum atomic E-state index is -2.86. The third-order valence-electron chi connectivity index (χ3n) is 12.6. The molecular formula is C55H108O6S3Sn. The van der Waals surface area contributed by atoms with E-state index >= 15 is 0 Å². The second-order valence-electron chi connectivity index (χ2n) is 19.0. The summed E-state index contributed by atoms with van der Waals surface area (Å²) in [5, 5.41) is 0. The van der Waals surface area contributed by atoms with E-state index in [9.17, 15) is 14.4 Å². The number of carbonyl (C=O) groups excluding carboxylic acids is 3. The number of hydrogen-bond donors (Lipinski definition) is 0. The SMILES string of the molecule is CCCCCCCCCCCCCCCC(=O)OCC[S][Sn]([CH3])([S]CCOC(=O)CCCCCCCCCCCCCCC)[S]CCOC(=O)CCCCCCCCCCCCCCC. The molecule has 0 aliphatic heterocycles. The maximum atomic E-state index is 12.5. The summed E-state index contributed by atoms with van der Waals surface area (Å²) >= 11 is -2.86. The monoisotopic (exact) mass is 1080 g/mol. The van der Waals surface area contributed by atoms with Gasteiger partial charge in [-0.15, -0.1) is 0 Å². The Bertz CT molecular complexity index is 898. The van der Waals surface area contributed by atoms with Gasteiger partial charge in [0.25, 0.3) is 0 Å². The Morgan fingerprint density at radius 1 is 0.292 bits per heavy atom. The van der Waals surface area contributed by atoms with Crippen LogP contribution in [0.2, 0.25) is 4.94 Å². The molecule has 0 bridgehead atoms. The van der Waals surface area contributed by atoms with Crippen molar-refractivity contribution in [2.24, 2.45) is 0 Å². The van der Waals surface area contributed by atoms with Gasteiger partial charge in [0.15, 0.2) is 0 Å². The van der Waals surface area contributed by atoms with E-state index in [1.165, 1.54) is 212 Å². The van der Waals surface area contributed by atoms with E-state index in [1.54, 1.807) is 0 Å². The molecule has 0 atom stereocenters. The summed E-state index contributed by atoms with van der Waals surface area (Å²) in [5.41, 5.74) is 0. The van der Waals surface area contributed by atoms with Crippen molar-refractivity contribution in [3.8, 4) is 0 Å². The fraction of sp³-hybridized carbons (Fsp3) is 0.945. The molecule has 0 saturated carbocycles. The Kier molecular flexibility index (Phi) is 53.8. The Balaban J connectivity index is 4.38. The molecule has 0 aliphatic carbocycles. The van der Waals surface area contributed by atoms with E-state index in [-0.39, 0.29) is 17.9 Å². The maximum absolute atomic E-state index is 12.5. The summed E-state index contributed by atoms with van der Waals surface area (Å²) in [4.78, 5) is 39.9. The first-order chi connectivity index (χ1) is 31.9. The van der Waals surface area contributed by atoms with Gasteiger partial charge in [-0.1, -0.05) is 156 Å². The van der Waals surface area contributed by atoms with Crippen molar-refractivity contribution in [1.82, 2.24) is 0 Å². The van der Waals surface area contributed by atoms with Crippen LogP contribution in [0.4, 0.5) is 0 Å². The van der Waals surface area contributed by atoms with Gasteiger partial charge in [-0.25, -0.2) is 0 Å². The van der Waals surface area contributed by atoms with Gasteiger partial charge in [0.1, 0.15) is 0 Å². The second-order valence-corrected chi connectivity index (χ2v) is 55.1. The number of esters is 3. The zero-order valence-electron chi connectivity index (χ0n) is 43.6. The van der Waals surface area contributed by atoms with Crippen LogP contribution in [0.15, 0.2) is 0 Å². The Morgan fingerprint density at radius 3 is 0.646 bits per heavy atom. The molecule has 0 rings (SSSR count). The number of rotatable bonds is 54. The quantitative estimate of drug-likeness (QED) is 0.0256. The molecule has 0 radical (unpaired) electrons. The van der Waals surface area contributed by atoms with Crippen LogP contribution in [0.3, 0.4) is 0 Å². The van der Waals surface area contributed by atoms with Crippen LogP contribution in [0.1, 0.15) is 290 Å². The Morgan fingerprint density at radius 2 is 0.462 bits per heavy atom. The molecule has 386 valence electrons. The minimum absolute atomic E-state index is 0.0725. The zero-order valence-corrected chi connectivity index (χ0v) is 48.9. The van der Waals surface area contributed by atoms with E-state index in [0.717, 1.165) is 55.8 Å². The van der Waals surface area contributed by atoms with Crippen molar-refractivity contribution in [3.05, 3.63) is 0 Å². The second kappa shape index (κ2) is 53.6. The minimum Gasteiger partial charge on any atom is -0.0654 e. The smallest absolute Gasteiger partial charge is 0.0654 e. The van der Waals surface area contributed by atoms with Gasteiger partial charge < -0.3 is 0 Å². The summed E-state index contributed by atoms with van der Waals surface area (Å²) in [6.07, 6.45) is 52.1. The van der Waals surface area contributed by atoms with E-state index in [0.29, 0.717) is 39.1 Å². The van der Waals surface area contributed by atoms with Crippen molar-refractivity contribution < 1.29 is 28.6 Å². The number of carbonyl (C=O) groups is 3. The van der Waals surface area contributed by atoms with E-state index in [2.05, 4.69) is 25.7 Å². The van der Waals surface area contributed by atoms with Crippen molar-refractivity contribution in [2.75, 3.05) is 37.1 Å². The predicted molar refractivity (Wildman–Crippen MR) is 293 cm³/mol. The van der Waals surface area contributed by atoms with Gasteiger partial charge in [-0.05, 0) is 0 Å². The topological polar surface area (TPSA) is 78.9 Å². The molecule has 0 aromatic heterocycles. The molecule has 65 heavy (non-hydrogen) atoms. The summed E-state index contributed by atoms with van der Waals surface area (Å²) < 4.78 is 17.0. The molecule has 10 heteroatoms. The average molecular weight is 1080 g/mol. The summed E-state index contributed by atoms with van der Waals surface area (Å²) in [6, 6.07) is 0. The normalized spacial score (nSPS) is 11.6. The van der Waals surface area contributed by atoms with E-state index < -0.39 is 14.2 Å². The molecule has 0 N–H and O–H groups in total. The Hall–Kier alpha value is 0.259.